The molecule has 1 aromatic carbocycles. The first-order valence-corrected chi connectivity index (χ1v) is 9.66. The summed E-state index contributed by atoms with van der Waals surface area (Å²) in [6.45, 7) is 10.1. The van der Waals surface area contributed by atoms with E-state index in [9.17, 15) is 0 Å². The van der Waals surface area contributed by atoms with Crippen LogP contribution in [-0.4, -0.2) is 21.7 Å². The van der Waals surface area contributed by atoms with Gasteiger partial charge >= 0.3 is 0 Å². The highest BCUT2D eigenvalue weighted by molar-refractivity contribution is 6.80. The van der Waals surface area contributed by atoms with E-state index in [0.29, 0.717) is 0 Å². The Hall–Kier alpha value is -1.24. The maximum Gasteiger partial charge on any atom is 0.0781 e. The molecule has 0 spiro atoms. The molecular weight excluding hydrogens is 222 g/mol. The second-order valence-corrected chi connectivity index (χ2v) is 10.6. The highest BCUT2D eigenvalue weighted by Crippen LogP contribution is 2.12. The topological polar surface area (TPSA) is 3.24 Å². The van der Waals surface area contributed by atoms with E-state index in [4.69, 9.17) is 0 Å². The number of anilines is 1. The molecule has 92 valence electrons. The van der Waals surface area contributed by atoms with Crippen molar-refractivity contribution in [3.05, 3.63) is 47.3 Å². The third kappa shape index (κ3) is 5.57. The van der Waals surface area contributed by atoms with Crippen molar-refractivity contribution in [3.63, 3.8) is 0 Å². The third-order valence-corrected chi connectivity index (χ3v) is 3.43. The van der Waals surface area contributed by atoms with Gasteiger partial charge in [0, 0.05) is 19.3 Å². The Labute approximate surface area is 106 Å². The average molecular weight is 245 g/mol. The minimum Gasteiger partial charge on any atom is -0.370 e. The van der Waals surface area contributed by atoms with E-state index >= 15 is 0 Å². The summed E-state index contributed by atoms with van der Waals surface area (Å²) in [6.07, 6.45) is 0. The number of para-hydroxylation sites is 1. The number of hydrogen-bond donors (Lipinski definition) is 0. The maximum atomic E-state index is 3.43. The molecule has 1 nitrogen and oxygen atoms in total. The van der Waals surface area contributed by atoms with Gasteiger partial charge in [-0.05, 0) is 24.6 Å². The Morgan fingerprint density at radius 2 is 1.82 bits per heavy atom. The fourth-order valence-corrected chi connectivity index (χ4v) is 2.19. The van der Waals surface area contributed by atoms with E-state index < -0.39 is 8.07 Å². The molecule has 17 heavy (non-hydrogen) atoms. The first-order valence-electron chi connectivity index (χ1n) is 6.08. The lowest BCUT2D eigenvalue weighted by Gasteiger charge is -2.18. The smallest absolute Gasteiger partial charge is 0.0781 e. The summed E-state index contributed by atoms with van der Waals surface area (Å²) in [7, 11) is 0.994. The maximum absolute atomic E-state index is 3.43. The fourth-order valence-electron chi connectivity index (χ4n) is 1.51. The lowest BCUT2D eigenvalue weighted by molar-refractivity contribution is 0.984. The first kappa shape index (κ1) is 13.8. The number of likely N-dealkylation sites (N-methyl/N-ethyl adjacent to an activating group) is 1. The predicted molar refractivity (Wildman–Crippen MR) is 80.3 cm³/mol. The number of hydrogen-bond acceptors (Lipinski definition) is 1. The Morgan fingerprint density at radius 1 is 1.24 bits per heavy atom. The van der Waals surface area contributed by atoms with Gasteiger partial charge in [0.05, 0.1) is 8.07 Å². The summed E-state index contributed by atoms with van der Waals surface area (Å²) >= 11 is 0. The second-order valence-electron chi connectivity index (χ2n) is 5.63. The average Bonchev–Trinajstić information content (AvgIpc) is 2.27. The van der Waals surface area contributed by atoms with Crippen LogP contribution in [0.25, 0.3) is 0 Å². The largest absolute Gasteiger partial charge is 0.370 e. The van der Waals surface area contributed by atoms with Crippen molar-refractivity contribution in [1.82, 2.24) is 0 Å². The van der Waals surface area contributed by atoms with E-state index in [1.54, 1.807) is 0 Å². The highest BCUT2D eigenvalue weighted by Gasteiger charge is 2.06. The molecule has 0 aliphatic rings. The molecule has 0 fully saturated rings. The molecule has 0 saturated carbocycles. The van der Waals surface area contributed by atoms with E-state index in [0.717, 1.165) is 6.54 Å². The van der Waals surface area contributed by atoms with E-state index in [1.807, 2.05) is 6.07 Å². The zero-order valence-corrected chi connectivity index (χ0v) is 12.6. The highest BCUT2D eigenvalue weighted by atomic mass is 28.3. The van der Waals surface area contributed by atoms with E-state index in [1.165, 1.54) is 11.3 Å². The molecule has 0 aliphatic carbocycles. The lowest BCUT2D eigenvalue weighted by atomic mass is 10.2. The van der Waals surface area contributed by atoms with Gasteiger partial charge < -0.3 is 4.90 Å². The van der Waals surface area contributed by atoms with Gasteiger partial charge in [-0.3, -0.25) is 0 Å². The van der Waals surface area contributed by atoms with Crippen LogP contribution in [0.15, 0.2) is 47.3 Å². The van der Waals surface area contributed by atoms with Crippen molar-refractivity contribution in [3.8, 4) is 0 Å². The summed E-state index contributed by atoms with van der Waals surface area (Å²) in [5, 5.41) is 0. The van der Waals surface area contributed by atoms with Crippen molar-refractivity contribution in [2.45, 2.75) is 26.6 Å². The van der Waals surface area contributed by atoms with Crippen LogP contribution >= 0.6 is 0 Å². The Bertz CT molecular complexity index is 408. The van der Waals surface area contributed by atoms with Gasteiger partial charge in [0.2, 0.25) is 0 Å². The van der Waals surface area contributed by atoms with Gasteiger partial charge in [0.15, 0.2) is 0 Å². The van der Waals surface area contributed by atoms with Gasteiger partial charge in [-0.2, -0.15) is 0 Å². The molecule has 1 aromatic rings. The van der Waals surface area contributed by atoms with Crippen LogP contribution in [0.5, 0.6) is 0 Å². The van der Waals surface area contributed by atoms with Crippen molar-refractivity contribution < 1.29 is 0 Å². The van der Waals surface area contributed by atoms with Crippen LogP contribution in [0, 0.1) is 0 Å². The van der Waals surface area contributed by atoms with Gasteiger partial charge in [0.1, 0.15) is 0 Å². The predicted octanol–water partition coefficient (Wildman–Crippen LogP) is 4.10. The number of rotatable bonds is 4. The lowest BCUT2D eigenvalue weighted by Crippen LogP contribution is -2.19. The second kappa shape index (κ2) is 5.90. The summed E-state index contributed by atoms with van der Waals surface area (Å²) in [5.41, 5.74) is 8.26. The fraction of sp³-hybridized carbons (Fsp3) is 0.400. The van der Waals surface area contributed by atoms with Gasteiger partial charge in [0.25, 0.3) is 0 Å². The normalized spacial score (nSPS) is 10.6. The minimum absolute atomic E-state index is 0.936. The molecule has 0 aliphatic heterocycles. The summed E-state index contributed by atoms with van der Waals surface area (Å²) in [4.78, 5) is 2.25. The summed E-state index contributed by atoms with van der Waals surface area (Å²) in [5.74, 6) is 0. The van der Waals surface area contributed by atoms with Gasteiger partial charge in [-0.25, -0.2) is 0 Å². The minimum atomic E-state index is -1.13. The molecule has 2 heteroatoms. The monoisotopic (exact) mass is 245 g/mol. The van der Waals surface area contributed by atoms with Gasteiger partial charge in [-0.1, -0.05) is 43.5 Å². The molecule has 0 amide bonds. The van der Waals surface area contributed by atoms with Crippen LogP contribution in [0.3, 0.4) is 0 Å². The third-order valence-electron chi connectivity index (χ3n) is 2.42. The van der Waals surface area contributed by atoms with E-state index in [2.05, 4.69) is 74.2 Å². The molecule has 0 saturated heterocycles. The molecule has 0 bridgehead atoms. The standard InChI is InChI=1S/C15H23NSi/c1-14(11-12-17(3,4)5)13-16(2)15-9-7-6-8-10-15/h6-10,12H,13H2,1-5H3. The molecule has 1 rings (SSSR count). The zero-order valence-electron chi connectivity index (χ0n) is 11.6. The Morgan fingerprint density at radius 3 is 2.35 bits per heavy atom. The van der Waals surface area contributed by atoms with Crippen molar-refractivity contribution in [2.24, 2.45) is 0 Å². The zero-order chi connectivity index (χ0) is 12.9. The van der Waals surface area contributed by atoms with Crippen molar-refractivity contribution in [2.75, 3.05) is 18.5 Å². The first-order chi connectivity index (χ1) is 7.88. The molecule has 0 aromatic heterocycles. The SMILES string of the molecule is CC(=C=C[Si](C)(C)C)CN(C)c1ccccc1. The molecule has 0 unspecified atom stereocenters. The summed E-state index contributed by atoms with van der Waals surface area (Å²) in [6, 6.07) is 10.5. The van der Waals surface area contributed by atoms with Crippen LogP contribution in [-0.2, 0) is 0 Å². The molecule has 0 heterocycles. The molecule has 0 radical (unpaired) electrons. The van der Waals surface area contributed by atoms with Crippen LogP contribution in [0.4, 0.5) is 5.69 Å². The van der Waals surface area contributed by atoms with Crippen molar-refractivity contribution >= 4 is 13.8 Å². The molecule has 0 N–H and O–H groups in total. The Balaban J connectivity index is 2.70. The molecule has 0 atom stereocenters. The van der Waals surface area contributed by atoms with Crippen LogP contribution in [0.1, 0.15) is 6.92 Å². The number of benzene rings is 1. The Kier molecular flexibility index (Phi) is 4.80. The number of nitrogens with zero attached hydrogens (tertiary/aromatic N) is 1. The van der Waals surface area contributed by atoms with Crippen molar-refractivity contribution in [1.29, 1.82) is 0 Å². The van der Waals surface area contributed by atoms with Gasteiger partial charge in [-0.15, -0.1) is 5.73 Å². The van der Waals surface area contributed by atoms with E-state index in [-0.39, 0.29) is 0 Å². The van der Waals surface area contributed by atoms with Crippen LogP contribution in [0.2, 0.25) is 19.6 Å². The molecular formula is C15H23NSi. The summed E-state index contributed by atoms with van der Waals surface area (Å²) < 4.78 is 0. The quantitative estimate of drug-likeness (QED) is 0.570. The van der Waals surface area contributed by atoms with Crippen LogP contribution < -0.4 is 4.90 Å².